The SMILES string of the molecule is CC(=O)N1CCN(Cc2nn(-c3ccc(C4(N)CCC4)cc3)c3c4cc(-c5ccccc5)cnc4cc[n+]23)CC1. The van der Waals surface area contributed by atoms with Gasteiger partial charge in [-0.15, -0.1) is 0 Å². The highest BCUT2D eigenvalue weighted by molar-refractivity contribution is 5.92. The number of aromatic nitrogens is 4. The van der Waals surface area contributed by atoms with Crippen LogP contribution < -0.4 is 10.1 Å². The maximum Gasteiger partial charge on any atom is 0.297 e. The molecule has 2 N–H and O–H groups in total. The highest BCUT2D eigenvalue weighted by Gasteiger charge is 2.34. The fourth-order valence-electron chi connectivity index (χ4n) is 6.05. The van der Waals surface area contributed by atoms with Crippen LogP contribution in [0.4, 0.5) is 0 Å². The average molecular weight is 533 g/mol. The Kier molecular flexibility index (Phi) is 6.09. The number of hydrogen-bond donors (Lipinski definition) is 1. The van der Waals surface area contributed by atoms with Crippen molar-refractivity contribution in [2.75, 3.05) is 26.2 Å². The normalized spacial score (nSPS) is 17.3. The summed E-state index contributed by atoms with van der Waals surface area (Å²) in [6.07, 6.45) is 7.28. The summed E-state index contributed by atoms with van der Waals surface area (Å²) in [5, 5.41) is 6.23. The maximum absolute atomic E-state index is 11.8. The number of carbonyl (C=O) groups is 1. The first-order valence-corrected chi connectivity index (χ1v) is 14.1. The number of amides is 1. The summed E-state index contributed by atoms with van der Waals surface area (Å²) in [5.41, 5.74) is 12.7. The Morgan fingerprint density at radius 3 is 2.40 bits per heavy atom. The molecule has 0 bridgehead atoms. The van der Waals surface area contributed by atoms with Gasteiger partial charge in [0.1, 0.15) is 5.69 Å². The predicted molar refractivity (Wildman–Crippen MR) is 155 cm³/mol. The lowest BCUT2D eigenvalue weighted by molar-refractivity contribution is -0.523. The third-order valence-corrected chi connectivity index (χ3v) is 8.69. The molecule has 1 aliphatic carbocycles. The molecule has 8 nitrogen and oxygen atoms in total. The Hall–Kier alpha value is -4.14. The Morgan fingerprint density at radius 2 is 1.73 bits per heavy atom. The number of piperazine rings is 1. The molecule has 0 unspecified atom stereocenters. The van der Waals surface area contributed by atoms with Crippen LogP contribution in [0.2, 0.25) is 0 Å². The third-order valence-electron chi connectivity index (χ3n) is 8.69. The van der Waals surface area contributed by atoms with Gasteiger partial charge in [-0.25, -0.2) is 0 Å². The topological polar surface area (TPSA) is 84.4 Å². The van der Waals surface area contributed by atoms with Crippen molar-refractivity contribution in [2.45, 2.75) is 38.3 Å². The molecule has 0 spiro atoms. The van der Waals surface area contributed by atoms with Crippen molar-refractivity contribution in [1.82, 2.24) is 24.6 Å². The van der Waals surface area contributed by atoms with Crippen LogP contribution in [0.1, 0.15) is 37.6 Å². The van der Waals surface area contributed by atoms with E-state index in [1.807, 2.05) is 21.8 Å². The van der Waals surface area contributed by atoms with Gasteiger partial charge in [0.15, 0.2) is 0 Å². The molecule has 3 aromatic heterocycles. The van der Waals surface area contributed by atoms with E-state index >= 15 is 0 Å². The average Bonchev–Trinajstić information content (AvgIpc) is 3.35. The van der Waals surface area contributed by atoms with E-state index in [0.29, 0.717) is 6.54 Å². The van der Waals surface area contributed by atoms with Gasteiger partial charge >= 0.3 is 0 Å². The lowest BCUT2D eigenvalue weighted by Crippen LogP contribution is -2.48. The van der Waals surface area contributed by atoms with Crippen molar-refractivity contribution in [1.29, 1.82) is 0 Å². The van der Waals surface area contributed by atoms with Crippen LogP contribution in [-0.2, 0) is 16.9 Å². The van der Waals surface area contributed by atoms with Crippen LogP contribution in [0.25, 0.3) is 33.4 Å². The molecule has 2 aliphatic rings. The minimum absolute atomic E-state index is 0.140. The Bertz CT molecular complexity index is 1700. The number of hydrogen-bond acceptors (Lipinski definition) is 5. The van der Waals surface area contributed by atoms with Crippen molar-refractivity contribution in [3.8, 4) is 16.8 Å². The van der Waals surface area contributed by atoms with Crippen LogP contribution in [0.15, 0.2) is 79.1 Å². The van der Waals surface area contributed by atoms with Crippen molar-refractivity contribution in [3.05, 3.63) is 90.5 Å². The second-order valence-corrected chi connectivity index (χ2v) is 11.2. The van der Waals surface area contributed by atoms with E-state index in [4.69, 9.17) is 15.8 Å². The molecule has 1 saturated carbocycles. The highest BCUT2D eigenvalue weighted by Crippen LogP contribution is 2.38. The van der Waals surface area contributed by atoms with E-state index in [9.17, 15) is 4.79 Å². The summed E-state index contributed by atoms with van der Waals surface area (Å²) in [4.78, 5) is 21.0. The lowest BCUT2D eigenvalue weighted by Gasteiger charge is -2.38. The lowest BCUT2D eigenvalue weighted by atomic mass is 9.73. The number of carbonyl (C=O) groups excluding carboxylic acids is 1. The zero-order chi connectivity index (χ0) is 27.3. The quantitative estimate of drug-likeness (QED) is 0.348. The number of nitrogens with two attached hydrogens (primary N) is 1. The van der Waals surface area contributed by atoms with E-state index in [1.165, 1.54) is 12.0 Å². The summed E-state index contributed by atoms with van der Waals surface area (Å²) in [5.74, 6) is 1.10. The smallest absolute Gasteiger partial charge is 0.297 e. The molecule has 1 amide bonds. The second kappa shape index (κ2) is 9.80. The predicted octanol–water partition coefficient (Wildman–Crippen LogP) is 3.83. The number of nitrogens with zero attached hydrogens (tertiary/aromatic N) is 6. The van der Waals surface area contributed by atoms with Gasteiger partial charge in [-0.2, -0.15) is 4.40 Å². The number of rotatable bonds is 5. The molecule has 40 heavy (non-hydrogen) atoms. The van der Waals surface area contributed by atoms with E-state index in [2.05, 4.69) is 76.2 Å². The molecule has 7 rings (SSSR count). The Balaban J connectivity index is 1.34. The minimum atomic E-state index is -0.201. The largest absolute Gasteiger partial charge is 0.340 e. The van der Waals surface area contributed by atoms with Gasteiger partial charge in [-0.3, -0.25) is 14.7 Å². The van der Waals surface area contributed by atoms with Crippen LogP contribution in [0.5, 0.6) is 0 Å². The molecule has 8 heteroatoms. The van der Waals surface area contributed by atoms with Gasteiger partial charge in [0, 0.05) is 55.5 Å². The van der Waals surface area contributed by atoms with Gasteiger partial charge in [0.25, 0.3) is 11.5 Å². The number of benzene rings is 2. The molecule has 1 saturated heterocycles. The van der Waals surface area contributed by atoms with E-state index in [1.54, 1.807) is 6.92 Å². The molecular weight excluding hydrogens is 498 g/mol. The maximum atomic E-state index is 11.8. The minimum Gasteiger partial charge on any atom is -0.340 e. The number of fused-ring (bicyclic) bond motifs is 3. The molecule has 0 atom stereocenters. The summed E-state index contributed by atoms with van der Waals surface area (Å²) in [7, 11) is 0. The van der Waals surface area contributed by atoms with Crippen LogP contribution in [0, 0.1) is 0 Å². The summed E-state index contributed by atoms with van der Waals surface area (Å²) in [6, 6.07) is 23.2. The summed E-state index contributed by atoms with van der Waals surface area (Å²) >= 11 is 0. The molecule has 2 fully saturated rings. The van der Waals surface area contributed by atoms with Gasteiger partial charge < -0.3 is 10.6 Å². The van der Waals surface area contributed by atoms with E-state index in [0.717, 1.165) is 78.2 Å². The molecular formula is C32H34N7O+. The van der Waals surface area contributed by atoms with E-state index < -0.39 is 0 Å². The first kappa shape index (κ1) is 24.9. The molecule has 0 radical (unpaired) electrons. The number of pyridine rings is 2. The first-order chi connectivity index (χ1) is 19.5. The first-order valence-electron chi connectivity index (χ1n) is 14.1. The highest BCUT2D eigenvalue weighted by atomic mass is 16.2. The Morgan fingerprint density at radius 1 is 0.975 bits per heavy atom. The van der Waals surface area contributed by atoms with Crippen molar-refractivity contribution in [3.63, 3.8) is 0 Å². The zero-order valence-corrected chi connectivity index (χ0v) is 22.8. The van der Waals surface area contributed by atoms with Crippen molar-refractivity contribution < 1.29 is 9.20 Å². The molecule has 1 aliphatic heterocycles. The van der Waals surface area contributed by atoms with Crippen LogP contribution >= 0.6 is 0 Å². The Labute approximate surface area is 233 Å². The molecule has 5 aromatic rings. The molecule has 4 heterocycles. The van der Waals surface area contributed by atoms with Crippen molar-refractivity contribution >= 4 is 22.5 Å². The zero-order valence-electron chi connectivity index (χ0n) is 22.8. The van der Waals surface area contributed by atoms with Crippen molar-refractivity contribution in [2.24, 2.45) is 5.73 Å². The molecule has 202 valence electrons. The fraction of sp³-hybridized carbons (Fsp3) is 0.312. The summed E-state index contributed by atoms with van der Waals surface area (Å²) < 4.78 is 4.24. The van der Waals surface area contributed by atoms with Gasteiger partial charge in [0.05, 0.1) is 23.6 Å². The van der Waals surface area contributed by atoms with Gasteiger partial charge in [-0.05, 0) is 54.7 Å². The van der Waals surface area contributed by atoms with Crippen LogP contribution in [0.3, 0.4) is 0 Å². The van der Waals surface area contributed by atoms with Gasteiger partial charge in [-0.1, -0.05) is 47.1 Å². The van der Waals surface area contributed by atoms with Gasteiger partial charge in [0.2, 0.25) is 5.91 Å². The third kappa shape index (κ3) is 4.33. The second-order valence-electron chi connectivity index (χ2n) is 11.2. The monoisotopic (exact) mass is 532 g/mol. The molecule has 2 aromatic carbocycles. The van der Waals surface area contributed by atoms with E-state index in [-0.39, 0.29) is 11.4 Å². The fourth-order valence-corrected chi connectivity index (χ4v) is 6.05. The standard InChI is InChI=1S/C32H34N7O/c1-23(40)37-18-16-36(17-19-37)22-30-35-39(27-10-8-26(9-11-27)32(33)13-5-14-32)31-28-20-25(24-6-3-2-4-7-24)21-34-29(28)12-15-38(30)31/h2-4,6-12,15,20-21H,5,13-14,16-19,22,33H2,1H3/q+1. The summed E-state index contributed by atoms with van der Waals surface area (Å²) in [6.45, 7) is 5.49. The van der Waals surface area contributed by atoms with Crippen LogP contribution in [-0.4, -0.2) is 56.7 Å².